The normalized spacial score (nSPS) is 19.8. The van der Waals surface area contributed by atoms with Gasteiger partial charge in [-0.3, -0.25) is 9.59 Å². The molecular weight excluding hydrogens is 386 g/mol. The van der Waals surface area contributed by atoms with Crippen molar-refractivity contribution in [2.45, 2.75) is 26.2 Å². The van der Waals surface area contributed by atoms with Gasteiger partial charge < -0.3 is 25.1 Å². The summed E-state index contributed by atoms with van der Waals surface area (Å²) in [6.45, 7) is 6.08. The lowest BCUT2D eigenvalue weighted by molar-refractivity contribution is -0.138. The summed E-state index contributed by atoms with van der Waals surface area (Å²) in [5.41, 5.74) is 5.41. The smallest absolute Gasteiger partial charge is 0.340 e. The Labute approximate surface area is 173 Å². The predicted molar refractivity (Wildman–Crippen MR) is 110 cm³/mol. The quantitative estimate of drug-likeness (QED) is 0.746. The fraction of sp³-hybridized carbons (Fsp3) is 0.318. The number of hydrogen-bond acceptors (Lipinski definition) is 6. The van der Waals surface area contributed by atoms with Crippen molar-refractivity contribution in [1.29, 1.82) is 0 Å². The lowest BCUT2D eigenvalue weighted by atomic mass is 9.68. The van der Waals surface area contributed by atoms with Gasteiger partial charge >= 0.3 is 5.97 Å². The summed E-state index contributed by atoms with van der Waals surface area (Å²) in [4.78, 5) is 44.5. The second kappa shape index (κ2) is 6.76. The number of nitrogens with zero attached hydrogens (tertiary/aromatic N) is 1. The molecule has 4 rings (SSSR count). The molecule has 2 aliphatic rings. The van der Waals surface area contributed by atoms with Crippen LogP contribution in [0, 0.1) is 12.8 Å². The van der Waals surface area contributed by atoms with Crippen molar-refractivity contribution in [3.63, 3.8) is 0 Å². The Balaban J connectivity index is 2.16. The molecule has 0 aliphatic carbocycles. The molecule has 1 atom stereocenters. The number of nitrogens with one attached hydrogen (secondary N) is 1. The topological polar surface area (TPSA) is 115 Å². The van der Waals surface area contributed by atoms with Crippen LogP contribution >= 0.6 is 0 Å². The highest BCUT2D eigenvalue weighted by molar-refractivity contribution is 6.18. The highest BCUT2D eigenvalue weighted by Crippen LogP contribution is 2.54. The largest absolute Gasteiger partial charge is 0.465 e. The van der Waals surface area contributed by atoms with Gasteiger partial charge in [0, 0.05) is 29.6 Å². The maximum Gasteiger partial charge on any atom is 0.340 e. The van der Waals surface area contributed by atoms with E-state index in [1.54, 1.807) is 36.1 Å². The van der Waals surface area contributed by atoms with Crippen molar-refractivity contribution in [2.75, 3.05) is 18.6 Å². The first-order chi connectivity index (χ1) is 14.2. The molecule has 0 bridgehead atoms. The number of esters is 1. The minimum Gasteiger partial charge on any atom is -0.465 e. The number of amides is 1. The molecule has 0 saturated carbocycles. The first-order valence-corrected chi connectivity index (χ1v) is 9.65. The van der Waals surface area contributed by atoms with E-state index in [4.69, 9.17) is 15.2 Å². The number of fused-ring (bicyclic) bond motifs is 4. The third-order valence-electron chi connectivity index (χ3n) is 5.45. The fourth-order valence-corrected chi connectivity index (χ4v) is 4.41. The second-order valence-electron chi connectivity index (χ2n) is 7.93. The van der Waals surface area contributed by atoms with Gasteiger partial charge in [-0.25, -0.2) is 4.79 Å². The maximum atomic E-state index is 14.1. The molecule has 0 fully saturated rings. The minimum absolute atomic E-state index is 0.0337. The summed E-state index contributed by atoms with van der Waals surface area (Å²) in [7, 11) is 1.20. The first kappa shape index (κ1) is 19.8. The molecule has 156 valence electrons. The third kappa shape index (κ3) is 2.49. The number of rotatable bonds is 3. The van der Waals surface area contributed by atoms with E-state index in [-0.39, 0.29) is 28.7 Å². The number of para-hydroxylation sites is 1. The van der Waals surface area contributed by atoms with E-state index in [0.717, 1.165) is 0 Å². The molecule has 1 aromatic carbocycles. The highest BCUT2D eigenvalue weighted by atomic mass is 16.5. The Morgan fingerprint density at radius 1 is 1.30 bits per heavy atom. The number of H-pyrrole nitrogens is 1. The average molecular weight is 409 g/mol. The Morgan fingerprint density at radius 3 is 2.67 bits per heavy atom. The van der Waals surface area contributed by atoms with E-state index >= 15 is 0 Å². The van der Waals surface area contributed by atoms with E-state index in [1.807, 2.05) is 19.9 Å². The van der Waals surface area contributed by atoms with Gasteiger partial charge in [0.05, 0.1) is 12.7 Å². The zero-order valence-corrected chi connectivity index (χ0v) is 17.2. The summed E-state index contributed by atoms with van der Waals surface area (Å²) in [5, 5.41) is 0. The summed E-state index contributed by atoms with van der Waals surface area (Å²) in [6, 6.07) is 8.70. The van der Waals surface area contributed by atoms with Gasteiger partial charge in [0.15, 0.2) is 0 Å². The number of carbonyl (C=O) groups excluding carboxylic acids is 2. The molecule has 1 unspecified atom stereocenters. The van der Waals surface area contributed by atoms with Crippen LogP contribution in [0.2, 0.25) is 0 Å². The van der Waals surface area contributed by atoms with Crippen molar-refractivity contribution >= 4 is 17.6 Å². The second-order valence-corrected chi connectivity index (χ2v) is 7.93. The molecule has 30 heavy (non-hydrogen) atoms. The molecule has 3 N–H and O–H groups in total. The number of benzene rings is 1. The fourth-order valence-electron chi connectivity index (χ4n) is 4.41. The number of pyridine rings is 1. The van der Waals surface area contributed by atoms with Gasteiger partial charge in [-0.05, 0) is 18.9 Å². The summed E-state index contributed by atoms with van der Waals surface area (Å²) < 4.78 is 10.6. The van der Waals surface area contributed by atoms with Gasteiger partial charge in [-0.2, -0.15) is 0 Å². The lowest BCUT2D eigenvalue weighted by Crippen LogP contribution is -2.51. The third-order valence-corrected chi connectivity index (χ3v) is 5.45. The van der Waals surface area contributed by atoms with E-state index in [9.17, 15) is 14.4 Å². The number of aromatic amines is 1. The molecule has 1 amide bonds. The van der Waals surface area contributed by atoms with Gasteiger partial charge in [0.1, 0.15) is 16.7 Å². The molecule has 3 heterocycles. The van der Waals surface area contributed by atoms with Crippen molar-refractivity contribution < 1.29 is 19.1 Å². The molecule has 2 aliphatic heterocycles. The summed E-state index contributed by atoms with van der Waals surface area (Å²) >= 11 is 0. The van der Waals surface area contributed by atoms with Gasteiger partial charge in [0.2, 0.25) is 11.8 Å². The first-order valence-electron chi connectivity index (χ1n) is 9.65. The number of ether oxygens (including phenoxy) is 2. The molecule has 0 saturated heterocycles. The van der Waals surface area contributed by atoms with Gasteiger partial charge in [-0.1, -0.05) is 32.0 Å². The minimum atomic E-state index is -1.75. The van der Waals surface area contributed by atoms with Crippen LogP contribution in [0.25, 0.3) is 0 Å². The van der Waals surface area contributed by atoms with Crippen LogP contribution in [0.5, 0.6) is 5.75 Å². The number of methoxy groups -OCH3 is 1. The number of anilines is 1. The SMILES string of the molecule is COC(=O)C1=C(N)Oc2cc(C)[nH]c(=O)c2C12C(=O)N(CC(C)C)c1ccccc12. The number of aryl methyl sites for hydroxylation is 1. The molecule has 1 spiro atoms. The number of aromatic nitrogens is 1. The monoisotopic (exact) mass is 409 g/mol. The van der Waals surface area contributed by atoms with Crippen molar-refractivity contribution in [2.24, 2.45) is 11.7 Å². The molecular formula is C22H23N3O5. The zero-order chi connectivity index (χ0) is 21.8. The van der Waals surface area contributed by atoms with Crippen LogP contribution in [-0.2, 0) is 19.7 Å². The Bertz CT molecular complexity index is 1160. The van der Waals surface area contributed by atoms with E-state index in [0.29, 0.717) is 23.5 Å². The Hall–Kier alpha value is -3.55. The maximum absolute atomic E-state index is 14.1. The number of hydrogen-bond donors (Lipinski definition) is 2. The van der Waals surface area contributed by atoms with E-state index < -0.39 is 22.9 Å². The molecule has 1 aromatic heterocycles. The van der Waals surface area contributed by atoms with Crippen LogP contribution in [0.4, 0.5) is 5.69 Å². The van der Waals surface area contributed by atoms with E-state index in [2.05, 4.69) is 4.98 Å². The molecule has 8 nitrogen and oxygen atoms in total. The zero-order valence-electron chi connectivity index (χ0n) is 17.2. The number of nitrogens with two attached hydrogens (primary N) is 1. The lowest BCUT2D eigenvalue weighted by Gasteiger charge is -2.35. The predicted octanol–water partition coefficient (Wildman–Crippen LogP) is 1.71. The van der Waals surface area contributed by atoms with Gasteiger partial charge in [-0.15, -0.1) is 0 Å². The van der Waals surface area contributed by atoms with Crippen molar-refractivity contribution in [1.82, 2.24) is 4.98 Å². The van der Waals surface area contributed by atoms with Crippen LogP contribution in [0.1, 0.15) is 30.7 Å². The number of carbonyl (C=O) groups is 2. The van der Waals surface area contributed by atoms with Crippen molar-refractivity contribution in [3.05, 3.63) is 69.0 Å². The molecule has 0 radical (unpaired) electrons. The van der Waals surface area contributed by atoms with E-state index in [1.165, 1.54) is 7.11 Å². The summed E-state index contributed by atoms with van der Waals surface area (Å²) in [6.07, 6.45) is 0. The van der Waals surface area contributed by atoms with Crippen LogP contribution in [-0.4, -0.2) is 30.5 Å². The Kier molecular flexibility index (Phi) is 4.45. The molecule has 8 heteroatoms. The standard InChI is InChI=1S/C22H23N3O5/c1-11(2)10-25-14-8-6-5-7-13(14)22(21(25)28)16-15(9-12(3)24-19(16)26)30-18(23)17(22)20(27)29-4/h5-9,11H,10,23H2,1-4H3,(H,24,26). The van der Waals surface area contributed by atoms with Gasteiger partial charge in [0.25, 0.3) is 5.56 Å². The average Bonchev–Trinajstić information content (AvgIpc) is 2.90. The van der Waals surface area contributed by atoms with Crippen LogP contribution < -0.4 is 20.9 Å². The highest BCUT2D eigenvalue weighted by Gasteiger charge is 2.62. The van der Waals surface area contributed by atoms with Crippen LogP contribution in [0.3, 0.4) is 0 Å². The Morgan fingerprint density at radius 2 is 2.00 bits per heavy atom. The summed E-state index contributed by atoms with van der Waals surface area (Å²) in [5.74, 6) is -1.21. The molecule has 2 aromatic rings. The van der Waals surface area contributed by atoms with Crippen molar-refractivity contribution in [3.8, 4) is 5.75 Å². The van der Waals surface area contributed by atoms with Crippen LogP contribution in [0.15, 0.2) is 46.6 Å².